The van der Waals surface area contributed by atoms with E-state index in [1.807, 2.05) is 32.0 Å². The molecule has 1 amide bonds. The second kappa shape index (κ2) is 10.0. The Morgan fingerprint density at radius 1 is 1.16 bits per heavy atom. The zero-order chi connectivity index (χ0) is 22.5. The van der Waals surface area contributed by atoms with Gasteiger partial charge in [0, 0.05) is 6.04 Å². The Bertz CT molecular complexity index is 971. The van der Waals surface area contributed by atoms with Crippen LogP contribution in [0.3, 0.4) is 0 Å². The highest BCUT2D eigenvalue weighted by Crippen LogP contribution is 2.44. The summed E-state index contributed by atoms with van der Waals surface area (Å²) in [5, 5.41) is 25.4. The Labute approximate surface area is 186 Å². The lowest BCUT2D eigenvalue weighted by Gasteiger charge is -2.20. The number of aryl methyl sites for hydroxylation is 2. The van der Waals surface area contributed by atoms with E-state index in [1.165, 1.54) is 0 Å². The molecular weight excluding hydrogens is 386 g/mol. The molecule has 0 aromatic heterocycles. The fourth-order valence-corrected chi connectivity index (χ4v) is 4.55. The summed E-state index contributed by atoms with van der Waals surface area (Å²) in [6, 6.07) is 7.67. The fourth-order valence-electron chi connectivity index (χ4n) is 4.55. The molecule has 4 heteroatoms. The van der Waals surface area contributed by atoms with Crippen molar-refractivity contribution < 1.29 is 15.0 Å². The Balaban J connectivity index is 2.14. The van der Waals surface area contributed by atoms with Crippen molar-refractivity contribution in [3.05, 3.63) is 53.1 Å². The number of phenols is 2. The summed E-state index contributed by atoms with van der Waals surface area (Å²) in [6.45, 7) is 10.0. The SMILES string of the molecule is C=C(C)c1ccc(C)cc1-c1c(O)cc(CCCCC)c(C(=O)NC2CCCC2)c1O. The number of aromatic hydroxyl groups is 2. The van der Waals surface area contributed by atoms with Crippen LogP contribution in [-0.2, 0) is 6.42 Å². The molecule has 0 aliphatic heterocycles. The van der Waals surface area contributed by atoms with Crippen molar-refractivity contribution >= 4 is 11.5 Å². The van der Waals surface area contributed by atoms with Gasteiger partial charge in [-0.25, -0.2) is 0 Å². The van der Waals surface area contributed by atoms with E-state index in [4.69, 9.17) is 0 Å². The minimum atomic E-state index is -0.248. The molecule has 1 saturated carbocycles. The van der Waals surface area contributed by atoms with Crippen LogP contribution in [0.1, 0.15) is 85.8 Å². The molecule has 2 aromatic carbocycles. The number of hydrogen-bond acceptors (Lipinski definition) is 3. The molecule has 0 bridgehead atoms. The first-order valence-corrected chi connectivity index (χ1v) is 11.5. The molecule has 0 unspecified atom stereocenters. The van der Waals surface area contributed by atoms with E-state index in [1.54, 1.807) is 6.07 Å². The van der Waals surface area contributed by atoms with Crippen LogP contribution in [0.4, 0.5) is 0 Å². The lowest BCUT2D eigenvalue weighted by Crippen LogP contribution is -2.33. The Morgan fingerprint density at radius 2 is 1.87 bits per heavy atom. The van der Waals surface area contributed by atoms with Gasteiger partial charge in [-0.15, -0.1) is 0 Å². The fraction of sp³-hybridized carbons (Fsp3) is 0.444. The van der Waals surface area contributed by atoms with Crippen LogP contribution < -0.4 is 5.32 Å². The average molecular weight is 422 g/mol. The van der Waals surface area contributed by atoms with E-state index in [-0.39, 0.29) is 23.4 Å². The average Bonchev–Trinajstić information content (AvgIpc) is 3.20. The molecule has 1 fully saturated rings. The van der Waals surface area contributed by atoms with Gasteiger partial charge in [0.1, 0.15) is 11.5 Å². The monoisotopic (exact) mass is 421 g/mol. The second-order valence-corrected chi connectivity index (χ2v) is 8.89. The summed E-state index contributed by atoms with van der Waals surface area (Å²) in [7, 11) is 0. The number of carbonyl (C=O) groups is 1. The van der Waals surface area contributed by atoms with Crippen molar-refractivity contribution in [3.63, 3.8) is 0 Å². The molecule has 0 atom stereocenters. The topological polar surface area (TPSA) is 69.6 Å². The number of hydrogen-bond donors (Lipinski definition) is 3. The van der Waals surface area contributed by atoms with Gasteiger partial charge in [0.15, 0.2) is 0 Å². The van der Waals surface area contributed by atoms with Crippen LogP contribution in [0.15, 0.2) is 30.8 Å². The van der Waals surface area contributed by atoms with Crippen molar-refractivity contribution in [1.29, 1.82) is 0 Å². The van der Waals surface area contributed by atoms with Crippen molar-refractivity contribution in [2.45, 2.75) is 78.2 Å². The lowest BCUT2D eigenvalue weighted by atomic mass is 9.88. The van der Waals surface area contributed by atoms with Crippen LogP contribution in [-0.4, -0.2) is 22.2 Å². The number of amides is 1. The van der Waals surface area contributed by atoms with E-state index >= 15 is 0 Å². The molecule has 1 aliphatic rings. The van der Waals surface area contributed by atoms with E-state index in [9.17, 15) is 15.0 Å². The van der Waals surface area contributed by atoms with Gasteiger partial charge in [0.05, 0.1) is 11.1 Å². The molecule has 0 spiro atoms. The standard InChI is InChI=1S/C27H35NO3/c1-5-6-7-10-19-16-23(29)25(22-15-18(4)13-14-21(22)17(2)3)26(30)24(19)27(31)28-20-11-8-9-12-20/h13-16,20,29-30H,2,5-12H2,1,3-4H3,(H,28,31). The maximum absolute atomic E-state index is 13.3. The molecule has 31 heavy (non-hydrogen) atoms. The van der Waals surface area contributed by atoms with Crippen LogP contribution in [0, 0.1) is 6.92 Å². The maximum atomic E-state index is 13.3. The normalized spacial score (nSPS) is 14.0. The number of carbonyl (C=O) groups excluding carboxylic acids is 1. The minimum Gasteiger partial charge on any atom is -0.507 e. The second-order valence-electron chi connectivity index (χ2n) is 8.89. The summed E-state index contributed by atoms with van der Waals surface area (Å²) in [5.74, 6) is -0.397. The molecule has 166 valence electrons. The highest BCUT2D eigenvalue weighted by molar-refractivity contribution is 6.02. The van der Waals surface area contributed by atoms with Crippen molar-refractivity contribution in [1.82, 2.24) is 5.32 Å². The highest BCUT2D eigenvalue weighted by Gasteiger charge is 2.27. The molecule has 0 radical (unpaired) electrons. The molecular formula is C27H35NO3. The zero-order valence-corrected chi connectivity index (χ0v) is 19.1. The van der Waals surface area contributed by atoms with Gasteiger partial charge in [0.25, 0.3) is 5.91 Å². The van der Waals surface area contributed by atoms with E-state index in [0.717, 1.165) is 61.6 Å². The number of nitrogens with one attached hydrogen (secondary N) is 1. The van der Waals surface area contributed by atoms with Gasteiger partial charge >= 0.3 is 0 Å². The smallest absolute Gasteiger partial charge is 0.255 e. The Morgan fingerprint density at radius 3 is 2.52 bits per heavy atom. The summed E-state index contributed by atoms with van der Waals surface area (Å²) >= 11 is 0. The van der Waals surface area contributed by atoms with Gasteiger partial charge in [0.2, 0.25) is 0 Å². The van der Waals surface area contributed by atoms with Crippen LogP contribution >= 0.6 is 0 Å². The van der Waals surface area contributed by atoms with Gasteiger partial charge in [-0.05, 0) is 62.3 Å². The molecule has 0 heterocycles. The van der Waals surface area contributed by atoms with E-state index in [0.29, 0.717) is 28.7 Å². The van der Waals surface area contributed by atoms with E-state index in [2.05, 4.69) is 18.8 Å². The third-order valence-electron chi connectivity index (χ3n) is 6.23. The van der Waals surface area contributed by atoms with Gasteiger partial charge in [-0.2, -0.15) is 0 Å². The summed E-state index contributed by atoms with van der Waals surface area (Å²) in [6.07, 6.45) is 7.82. The van der Waals surface area contributed by atoms with Crippen LogP contribution in [0.2, 0.25) is 0 Å². The first-order valence-electron chi connectivity index (χ1n) is 11.5. The van der Waals surface area contributed by atoms with Crippen LogP contribution in [0.25, 0.3) is 16.7 Å². The quantitative estimate of drug-likeness (QED) is 0.425. The summed E-state index contributed by atoms with van der Waals surface area (Å²) in [4.78, 5) is 13.3. The van der Waals surface area contributed by atoms with Crippen molar-refractivity contribution in [2.24, 2.45) is 0 Å². The number of benzene rings is 2. The first-order chi connectivity index (χ1) is 14.8. The highest BCUT2D eigenvalue weighted by atomic mass is 16.3. The Kier molecular flexibility index (Phi) is 7.42. The number of allylic oxidation sites excluding steroid dienone is 1. The van der Waals surface area contributed by atoms with Crippen molar-refractivity contribution in [2.75, 3.05) is 0 Å². The minimum absolute atomic E-state index is 0.00508. The molecule has 3 rings (SSSR count). The molecule has 0 saturated heterocycles. The summed E-state index contributed by atoms with van der Waals surface area (Å²) < 4.78 is 0. The third kappa shape index (κ3) is 5.12. The van der Waals surface area contributed by atoms with Crippen molar-refractivity contribution in [3.8, 4) is 22.6 Å². The molecule has 3 N–H and O–H groups in total. The molecule has 4 nitrogen and oxygen atoms in total. The molecule has 2 aromatic rings. The number of phenolic OH excluding ortho intramolecular Hbond substituents is 2. The van der Waals surface area contributed by atoms with Crippen LogP contribution in [0.5, 0.6) is 11.5 Å². The predicted molar refractivity (Wildman–Crippen MR) is 128 cm³/mol. The first kappa shape index (κ1) is 22.9. The summed E-state index contributed by atoms with van der Waals surface area (Å²) in [5.41, 5.74) is 4.67. The van der Waals surface area contributed by atoms with Gasteiger partial charge in [-0.1, -0.05) is 68.5 Å². The number of unbranched alkanes of at least 4 members (excludes halogenated alkanes) is 2. The van der Waals surface area contributed by atoms with Gasteiger partial charge in [-0.3, -0.25) is 4.79 Å². The Hall–Kier alpha value is -2.75. The number of rotatable bonds is 8. The lowest BCUT2D eigenvalue weighted by molar-refractivity contribution is 0.0934. The predicted octanol–water partition coefficient (Wildman–Crippen LogP) is 6.51. The largest absolute Gasteiger partial charge is 0.507 e. The zero-order valence-electron chi connectivity index (χ0n) is 19.1. The molecule has 1 aliphatic carbocycles. The van der Waals surface area contributed by atoms with E-state index < -0.39 is 0 Å². The van der Waals surface area contributed by atoms with Gasteiger partial charge < -0.3 is 15.5 Å². The maximum Gasteiger partial charge on any atom is 0.255 e. The third-order valence-corrected chi connectivity index (χ3v) is 6.23.